The van der Waals surface area contributed by atoms with Crippen molar-refractivity contribution in [2.75, 3.05) is 6.54 Å². The summed E-state index contributed by atoms with van der Waals surface area (Å²) in [6.07, 6.45) is 0.829. The molecule has 0 aromatic heterocycles. The fourth-order valence-corrected chi connectivity index (χ4v) is 4.03. The highest BCUT2D eigenvalue weighted by molar-refractivity contribution is 7.89. The molecule has 5 heteroatoms. The van der Waals surface area contributed by atoms with Crippen LogP contribution in [-0.4, -0.2) is 21.0 Å². The largest absolute Gasteiger partial charge is 0.313 e. The van der Waals surface area contributed by atoms with Gasteiger partial charge in [-0.25, -0.2) is 13.1 Å². The zero-order chi connectivity index (χ0) is 16.0. The molecule has 0 spiro atoms. The monoisotopic (exact) mass is 312 g/mol. The predicted octanol–water partition coefficient (Wildman–Crippen LogP) is 2.82. The van der Waals surface area contributed by atoms with Gasteiger partial charge in [0.1, 0.15) is 0 Å². The van der Waals surface area contributed by atoms with E-state index in [2.05, 4.69) is 23.9 Å². The van der Waals surface area contributed by atoms with E-state index in [1.165, 1.54) is 0 Å². The highest BCUT2D eigenvalue weighted by atomic mass is 32.2. The van der Waals surface area contributed by atoms with Gasteiger partial charge in [0.15, 0.2) is 0 Å². The van der Waals surface area contributed by atoms with Gasteiger partial charge < -0.3 is 5.32 Å². The second kappa shape index (κ2) is 7.92. The van der Waals surface area contributed by atoms with Crippen molar-refractivity contribution in [3.05, 3.63) is 29.3 Å². The van der Waals surface area contributed by atoms with E-state index < -0.39 is 10.0 Å². The van der Waals surface area contributed by atoms with Crippen molar-refractivity contribution in [1.29, 1.82) is 0 Å². The maximum Gasteiger partial charge on any atom is 0.241 e. The Morgan fingerprint density at radius 3 is 2.43 bits per heavy atom. The molecule has 2 N–H and O–H groups in total. The van der Waals surface area contributed by atoms with E-state index >= 15 is 0 Å². The topological polar surface area (TPSA) is 58.2 Å². The standard InChI is InChI=1S/C16H28N2O2S/c1-6-17-11-15-8-7-9-16(14(15)5)21(19,20)18-13(4)10-12(2)3/h7-9,12-13,17-18H,6,10-11H2,1-5H3. The zero-order valence-corrected chi connectivity index (χ0v) is 14.5. The molecule has 1 atom stereocenters. The maximum absolute atomic E-state index is 12.5. The first-order chi connectivity index (χ1) is 9.77. The SMILES string of the molecule is CCNCc1cccc(S(=O)(=O)NC(C)CC(C)C)c1C. The van der Waals surface area contributed by atoms with Gasteiger partial charge in [-0.05, 0) is 49.9 Å². The van der Waals surface area contributed by atoms with Crippen LogP contribution in [0.5, 0.6) is 0 Å². The van der Waals surface area contributed by atoms with E-state index in [0.717, 1.165) is 24.1 Å². The molecule has 21 heavy (non-hydrogen) atoms. The Bertz CT molecular complexity index is 553. The molecule has 0 bridgehead atoms. The number of rotatable bonds is 8. The van der Waals surface area contributed by atoms with Crippen LogP contribution in [0.1, 0.15) is 45.2 Å². The minimum absolute atomic E-state index is 0.0631. The van der Waals surface area contributed by atoms with Crippen LogP contribution < -0.4 is 10.0 Å². The molecule has 0 aliphatic rings. The zero-order valence-electron chi connectivity index (χ0n) is 13.7. The summed E-state index contributed by atoms with van der Waals surface area (Å²) in [6.45, 7) is 11.5. The van der Waals surface area contributed by atoms with Crippen LogP contribution in [0.2, 0.25) is 0 Å². The molecule has 0 aliphatic heterocycles. The molecular formula is C16H28N2O2S. The highest BCUT2D eigenvalue weighted by Gasteiger charge is 2.21. The first-order valence-electron chi connectivity index (χ1n) is 7.59. The minimum Gasteiger partial charge on any atom is -0.313 e. The Balaban J connectivity index is 2.97. The Morgan fingerprint density at radius 2 is 1.86 bits per heavy atom. The fourth-order valence-electron chi connectivity index (χ4n) is 2.49. The van der Waals surface area contributed by atoms with E-state index in [1.807, 2.05) is 26.8 Å². The second-order valence-corrected chi connectivity index (χ2v) is 7.65. The van der Waals surface area contributed by atoms with Gasteiger partial charge in [0.2, 0.25) is 10.0 Å². The molecule has 4 nitrogen and oxygen atoms in total. The first-order valence-corrected chi connectivity index (χ1v) is 9.07. The third kappa shape index (κ3) is 5.41. The summed E-state index contributed by atoms with van der Waals surface area (Å²) >= 11 is 0. The maximum atomic E-state index is 12.5. The predicted molar refractivity (Wildman–Crippen MR) is 87.8 cm³/mol. The number of hydrogen-bond acceptors (Lipinski definition) is 3. The van der Waals surface area contributed by atoms with Gasteiger partial charge in [-0.3, -0.25) is 0 Å². The summed E-state index contributed by atoms with van der Waals surface area (Å²) in [5, 5.41) is 3.24. The van der Waals surface area contributed by atoms with E-state index in [0.29, 0.717) is 17.4 Å². The van der Waals surface area contributed by atoms with E-state index in [4.69, 9.17) is 0 Å². The van der Waals surface area contributed by atoms with Crippen LogP contribution in [0.25, 0.3) is 0 Å². The summed E-state index contributed by atoms with van der Waals surface area (Å²) in [6, 6.07) is 5.39. The quantitative estimate of drug-likeness (QED) is 0.776. The minimum atomic E-state index is -3.46. The molecule has 1 rings (SSSR count). The number of benzene rings is 1. The van der Waals surface area contributed by atoms with Crippen molar-refractivity contribution in [3.63, 3.8) is 0 Å². The third-order valence-electron chi connectivity index (χ3n) is 3.43. The summed E-state index contributed by atoms with van der Waals surface area (Å²) in [5.74, 6) is 0.462. The number of nitrogens with one attached hydrogen (secondary N) is 2. The number of hydrogen-bond donors (Lipinski definition) is 2. The molecule has 0 radical (unpaired) electrons. The Labute approximate surface area is 129 Å². The average Bonchev–Trinajstić information content (AvgIpc) is 2.35. The summed E-state index contributed by atoms with van der Waals surface area (Å²) in [4.78, 5) is 0.383. The van der Waals surface area contributed by atoms with Gasteiger partial charge >= 0.3 is 0 Å². The Kier molecular flexibility index (Phi) is 6.84. The molecule has 0 fully saturated rings. The van der Waals surface area contributed by atoms with Gasteiger partial charge in [-0.2, -0.15) is 0 Å². The van der Waals surface area contributed by atoms with Crippen LogP contribution in [0.15, 0.2) is 23.1 Å². The molecule has 1 unspecified atom stereocenters. The molecule has 0 saturated heterocycles. The second-order valence-electron chi connectivity index (χ2n) is 5.97. The van der Waals surface area contributed by atoms with Crippen molar-refractivity contribution in [1.82, 2.24) is 10.0 Å². The summed E-state index contributed by atoms with van der Waals surface area (Å²) in [7, 11) is -3.46. The van der Waals surface area contributed by atoms with Crippen molar-refractivity contribution in [2.45, 2.75) is 58.5 Å². The van der Waals surface area contributed by atoms with Gasteiger partial charge in [-0.1, -0.05) is 32.9 Å². The normalized spacial score (nSPS) is 13.6. The van der Waals surface area contributed by atoms with Gasteiger partial charge in [0.05, 0.1) is 4.90 Å². The van der Waals surface area contributed by atoms with E-state index in [1.54, 1.807) is 12.1 Å². The van der Waals surface area contributed by atoms with Crippen molar-refractivity contribution < 1.29 is 8.42 Å². The summed E-state index contributed by atoms with van der Waals surface area (Å²) < 4.78 is 27.9. The van der Waals surface area contributed by atoms with Gasteiger partial charge in [-0.15, -0.1) is 0 Å². The van der Waals surface area contributed by atoms with Crippen LogP contribution in [0, 0.1) is 12.8 Å². The molecular weight excluding hydrogens is 284 g/mol. The molecule has 120 valence electrons. The lowest BCUT2D eigenvalue weighted by Crippen LogP contribution is -2.34. The van der Waals surface area contributed by atoms with Crippen LogP contribution >= 0.6 is 0 Å². The van der Waals surface area contributed by atoms with Gasteiger partial charge in [0, 0.05) is 12.6 Å². The van der Waals surface area contributed by atoms with Crippen molar-refractivity contribution in [3.8, 4) is 0 Å². The van der Waals surface area contributed by atoms with E-state index in [9.17, 15) is 8.42 Å². The van der Waals surface area contributed by atoms with Gasteiger partial charge in [0.25, 0.3) is 0 Å². The molecule has 1 aromatic rings. The van der Waals surface area contributed by atoms with Crippen molar-refractivity contribution in [2.24, 2.45) is 5.92 Å². The number of sulfonamides is 1. The molecule has 0 aliphatic carbocycles. The first kappa shape index (κ1) is 18.1. The lowest BCUT2D eigenvalue weighted by molar-refractivity contribution is 0.482. The molecule has 0 amide bonds. The third-order valence-corrected chi connectivity index (χ3v) is 5.17. The Morgan fingerprint density at radius 1 is 1.19 bits per heavy atom. The van der Waals surface area contributed by atoms with Crippen LogP contribution in [0.4, 0.5) is 0 Å². The van der Waals surface area contributed by atoms with E-state index in [-0.39, 0.29) is 6.04 Å². The average molecular weight is 312 g/mol. The van der Waals surface area contributed by atoms with Crippen LogP contribution in [-0.2, 0) is 16.6 Å². The van der Waals surface area contributed by atoms with Crippen molar-refractivity contribution >= 4 is 10.0 Å². The smallest absolute Gasteiger partial charge is 0.241 e. The lowest BCUT2D eigenvalue weighted by atomic mass is 10.1. The van der Waals surface area contributed by atoms with Crippen LogP contribution in [0.3, 0.4) is 0 Å². The fraction of sp³-hybridized carbons (Fsp3) is 0.625. The molecule has 0 saturated carbocycles. The Hall–Kier alpha value is -0.910. The highest BCUT2D eigenvalue weighted by Crippen LogP contribution is 2.20. The summed E-state index contributed by atoms with van der Waals surface area (Å²) in [5.41, 5.74) is 1.85. The molecule has 0 heterocycles. The lowest BCUT2D eigenvalue weighted by Gasteiger charge is -2.18. The molecule has 1 aromatic carbocycles.